The van der Waals surface area contributed by atoms with Gasteiger partial charge in [0.1, 0.15) is 6.09 Å². The van der Waals surface area contributed by atoms with Crippen LogP contribution in [0.1, 0.15) is 28.1 Å². The van der Waals surface area contributed by atoms with E-state index in [-0.39, 0.29) is 37.3 Å². The molecule has 1 aromatic heterocycles. The molecule has 5 nitrogen and oxygen atoms in total. The Labute approximate surface area is 148 Å². The van der Waals surface area contributed by atoms with Gasteiger partial charge >= 0.3 is 12.4 Å². The third kappa shape index (κ3) is 3.86. The fourth-order valence-corrected chi connectivity index (χ4v) is 2.97. The van der Waals surface area contributed by atoms with Crippen molar-refractivity contribution in [2.75, 3.05) is 6.54 Å². The Morgan fingerprint density at radius 3 is 2.22 bits per heavy atom. The van der Waals surface area contributed by atoms with E-state index in [2.05, 4.69) is 5.10 Å². The van der Waals surface area contributed by atoms with Crippen LogP contribution in [0.4, 0.5) is 31.1 Å². The van der Waals surface area contributed by atoms with Gasteiger partial charge in [0.15, 0.2) is 5.69 Å². The number of halogens is 6. The van der Waals surface area contributed by atoms with E-state index in [1.165, 1.54) is 0 Å². The number of hydrogen-bond acceptors (Lipinski definition) is 3. The minimum absolute atomic E-state index is 0.0534. The molecule has 1 aliphatic rings. The molecule has 0 N–H and O–H groups in total. The van der Waals surface area contributed by atoms with Gasteiger partial charge in [0, 0.05) is 12.1 Å². The second kappa shape index (κ2) is 6.46. The van der Waals surface area contributed by atoms with Crippen molar-refractivity contribution in [2.24, 2.45) is 0 Å². The molecule has 0 spiro atoms. The number of carbonyl (C=O) groups excluding carboxylic acids is 1. The van der Waals surface area contributed by atoms with Crippen LogP contribution in [0.25, 0.3) is 0 Å². The molecule has 0 bridgehead atoms. The molecule has 2 aromatic rings. The van der Waals surface area contributed by atoms with E-state index in [0.717, 1.165) is 33.8 Å². The van der Waals surface area contributed by atoms with Crippen molar-refractivity contribution in [1.82, 2.24) is 14.7 Å². The molecule has 0 atom stereocenters. The summed E-state index contributed by atoms with van der Waals surface area (Å²) >= 11 is 0. The number of fused-ring (bicyclic) bond motifs is 1. The van der Waals surface area contributed by atoms with Crippen LogP contribution in [0.5, 0.6) is 0 Å². The average molecular weight is 392 g/mol. The standard InChI is InChI=1S/C16H13F6N3O2/c17-15(18,19)10-3-1-9(2-4-10)7-25-12-8-24(14(26)27)6-5-11(12)13(23-25)16(20,21)22/h1-4H,5-8H2,(H,26,27)/p-1. The van der Waals surface area contributed by atoms with Crippen molar-refractivity contribution in [3.63, 3.8) is 0 Å². The van der Waals surface area contributed by atoms with Crippen molar-refractivity contribution in [1.29, 1.82) is 0 Å². The van der Waals surface area contributed by atoms with Gasteiger partial charge in [0.2, 0.25) is 0 Å². The molecular weight excluding hydrogens is 380 g/mol. The van der Waals surface area contributed by atoms with Gasteiger partial charge in [-0.1, -0.05) is 12.1 Å². The molecule has 1 aromatic carbocycles. The highest BCUT2D eigenvalue weighted by Crippen LogP contribution is 2.35. The van der Waals surface area contributed by atoms with E-state index in [4.69, 9.17) is 0 Å². The first kappa shape index (κ1) is 19.1. The molecule has 1 aliphatic heterocycles. The third-order valence-corrected chi connectivity index (χ3v) is 4.28. The highest BCUT2D eigenvalue weighted by Gasteiger charge is 2.40. The Morgan fingerprint density at radius 1 is 1.07 bits per heavy atom. The van der Waals surface area contributed by atoms with E-state index < -0.39 is 29.7 Å². The van der Waals surface area contributed by atoms with Crippen LogP contribution in [-0.4, -0.2) is 27.3 Å². The molecule has 3 rings (SSSR count). The van der Waals surface area contributed by atoms with Crippen molar-refractivity contribution in [3.8, 4) is 0 Å². The first-order valence-electron chi connectivity index (χ1n) is 7.74. The lowest BCUT2D eigenvalue weighted by atomic mass is 10.0. The van der Waals surface area contributed by atoms with Crippen molar-refractivity contribution >= 4 is 6.09 Å². The fraction of sp³-hybridized carbons (Fsp3) is 0.375. The molecule has 11 heteroatoms. The highest BCUT2D eigenvalue weighted by molar-refractivity contribution is 5.63. The maximum absolute atomic E-state index is 13.2. The number of nitrogens with zero attached hydrogens (tertiary/aromatic N) is 3. The summed E-state index contributed by atoms with van der Waals surface area (Å²) in [5.41, 5.74) is -1.74. The first-order chi connectivity index (χ1) is 12.5. The lowest BCUT2D eigenvalue weighted by molar-refractivity contribution is -0.266. The van der Waals surface area contributed by atoms with Gasteiger partial charge in [0.25, 0.3) is 0 Å². The Hall–Kier alpha value is -2.72. The molecule has 1 amide bonds. The van der Waals surface area contributed by atoms with Crippen LogP contribution >= 0.6 is 0 Å². The summed E-state index contributed by atoms with van der Waals surface area (Å²) in [5, 5.41) is 14.6. The number of benzene rings is 1. The quantitative estimate of drug-likeness (QED) is 0.739. The number of carbonyl (C=O) groups is 1. The van der Waals surface area contributed by atoms with E-state index in [1.54, 1.807) is 0 Å². The Kier molecular flexibility index (Phi) is 4.56. The van der Waals surface area contributed by atoms with Gasteiger partial charge in [0.05, 0.1) is 24.3 Å². The van der Waals surface area contributed by atoms with Gasteiger partial charge in [-0.3, -0.25) is 4.68 Å². The summed E-state index contributed by atoms with van der Waals surface area (Å²) in [6, 6.07) is 3.93. The normalized spacial score (nSPS) is 15.0. The molecule has 2 heterocycles. The van der Waals surface area contributed by atoms with Gasteiger partial charge in [-0.2, -0.15) is 31.4 Å². The van der Waals surface area contributed by atoms with E-state index >= 15 is 0 Å². The van der Waals surface area contributed by atoms with Crippen LogP contribution in [0.15, 0.2) is 24.3 Å². The van der Waals surface area contributed by atoms with E-state index in [9.17, 15) is 36.2 Å². The zero-order valence-electron chi connectivity index (χ0n) is 13.6. The number of alkyl halides is 6. The maximum atomic E-state index is 13.2. The molecule has 0 unspecified atom stereocenters. The molecule has 146 valence electrons. The smallest absolute Gasteiger partial charge is 0.435 e. The lowest BCUT2D eigenvalue weighted by Gasteiger charge is -2.30. The largest absolute Gasteiger partial charge is 0.530 e. The molecular formula is C16H12F6N3O2-. The van der Waals surface area contributed by atoms with Gasteiger partial charge < -0.3 is 14.8 Å². The predicted octanol–water partition coefficient (Wildman–Crippen LogP) is 2.67. The third-order valence-electron chi connectivity index (χ3n) is 4.28. The second-order valence-electron chi connectivity index (χ2n) is 6.06. The summed E-state index contributed by atoms with van der Waals surface area (Å²) in [5.74, 6) is 0. The van der Waals surface area contributed by atoms with Gasteiger partial charge in [-0.15, -0.1) is 0 Å². The van der Waals surface area contributed by atoms with Crippen LogP contribution < -0.4 is 5.11 Å². The fourth-order valence-electron chi connectivity index (χ4n) is 2.97. The molecule has 0 saturated carbocycles. The summed E-state index contributed by atoms with van der Waals surface area (Å²) in [6.07, 6.45) is -10.9. The summed E-state index contributed by atoms with van der Waals surface area (Å²) in [6.45, 7) is -0.705. The van der Waals surface area contributed by atoms with Gasteiger partial charge in [-0.25, -0.2) is 0 Å². The SMILES string of the molecule is O=C([O-])N1CCc2c(C(F)(F)F)nn(Cc3ccc(C(F)(F)F)cc3)c2C1. The number of amides is 1. The van der Waals surface area contributed by atoms with Crippen molar-refractivity contribution in [3.05, 3.63) is 52.3 Å². The second-order valence-corrected chi connectivity index (χ2v) is 6.06. The number of carboxylic acid groups (broad SMARTS) is 1. The topological polar surface area (TPSA) is 61.2 Å². The average Bonchev–Trinajstić information content (AvgIpc) is 2.92. The van der Waals surface area contributed by atoms with Crippen LogP contribution in [-0.2, 0) is 31.9 Å². The summed E-state index contributed by atoms with van der Waals surface area (Å²) in [4.78, 5) is 11.9. The van der Waals surface area contributed by atoms with Gasteiger partial charge in [-0.05, 0) is 24.1 Å². The van der Waals surface area contributed by atoms with Crippen LogP contribution in [0, 0.1) is 0 Å². The van der Waals surface area contributed by atoms with Crippen molar-refractivity contribution in [2.45, 2.75) is 31.9 Å². The lowest BCUT2D eigenvalue weighted by Crippen LogP contribution is -2.44. The van der Waals surface area contributed by atoms with Crippen LogP contribution in [0.3, 0.4) is 0 Å². The molecule has 0 saturated heterocycles. The predicted molar refractivity (Wildman–Crippen MR) is 77.3 cm³/mol. The number of aromatic nitrogens is 2. The molecule has 27 heavy (non-hydrogen) atoms. The number of rotatable bonds is 2. The Bertz CT molecular complexity index is 855. The summed E-state index contributed by atoms with van der Waals surface area (Å²) in [7, 11) is 0. The summed E-state index contributed by atoms with van der Waals surface area (Å²) < 4.78 is 78.5. The highest BCUT2D eigenvalue weighted by atomic mass is 19.4. The van der Waals surface area contributed by atoms with Crippen LogP contribution in [0.2, 0.25) is 0 Å². The van der Waals surface area contributed by atoms with E-state index in [1.807, 2.05) is 0 Å². The minimum Gasteiger partial charge on any atom is -0.530 e. The maximum Gasteiger partial charge on any atom is 0.435 e. The molecule has 0 aliphatic carbocycles. The molecule has 0 fully saturated rings. The Morgan fingerprint density at radius 2 is 1.70 bits per heavy atom. The van der Waals surface area contributed by atoms with E-state index in [0.29, 0.717) is 5.56 Å². The zero-order valence-corrected chi connectivity index (χ0v) is 13.6. The van der Waals surface area contributed by atoms with Crippen molar-refractivity contribution < 1.29 is 36.2 Å². The number of hydrogen-bond donors (Lipinski definition) is 0. The Balaban J connectivity index is 1.95. The minimum atomic E-state index is -4.72. The zero-order chi connectivity index (χ0) is 20.0. The monoisotopic (exact) mass is 392 g/mol. The molecule has 0 radical (unpaired) electrons. The first-order valence-corrected chi connectivity index (χ1v) is 7.74.